The molecule has 2 nitrogen and oxygen atoms in total. The van der Waals surface area contributed by atoms with Gasteiger partial charge < -0.3 is 5.73 Å². The molecule has 0 aromatic rings. The summed E-state index contributed by atoms with van der Waals surface area (Å²) in [5, 5.41) is 0. The lowest BCUT2D eigenvalue weighted by molar-refractivity contribution is -0.125. The fraction of sp³-hybridized carbons (Fsp3) is 0.929. The van der Waals surface area contributed by atoms with E-state index in [1.54, 1.807) is 0 Å². The highest BCUT2D eigenvalue weighted by Gasteiger charge is 2.29. The van der Waals surface area contributed by atoms with Crippen LogP contribution < -0.4 is 5.73 Å². The third-order valence-corrected chi connectivity index (χ3v) is 3.65. The Bertz CT molecular complexity index is 232. The second-order valence-electron chi connectivity index (χ2n) is 6.57. The summed E-state index contributed by atoms with van der Waals surface area (Å²) in [5.41, 5.74) is 5.71. The summed E-state index contributed by atoms with van der Waals surface area (Å²) in [7, 11) is 0. The van der Waals surface area contributed by atoms with Crippen molar-refractivity contribution in [2.24, 2.45) is 23.5 Å². The second kappa shape index (κ2) is 5.31. The highest BCUT2D eigenvalue weighted by atomic mass is 16.1. The molecule has 1 saturated carbocycles. The molecule has 0 heterocycles. The molecule has 94 valence electrons. The van der Waals surface area contributed by atoms with Gasteiger partial charge in [0, 0.05) is 17.9 Å². The lowest BCUT2D eigenvalue weighted by Crippen LogP contribution is -2.34. The standard InChI is InChI=1S/C14H27NO/c1-10-7-11(2)9-12(8-10)13(16)5-6-14(3,4)15/h10-12H,5-9,15H2,1-4H3. The maximum Gasteiger partial charge on any atom is 0.136 e. The summed E-state index contributed by atoms with van der Waals surface area (Å²) < 4.78 is 0. The third-order valence-electron chi connectivity index (χ3n) is 3.65. The van der Waals surface area contributed by atoms with E-state index in [2.05, 4.69) is 13.8 Å². The fourth-order valence-electron chi connectivity index (χ4n) is 2.86. The molecule has 1 aliphatic carbocycles. The number of hydrogen-bond acceptors (Lipinski definition) is 2. The molecule has 1 aliphatic rings. The van der Waals surface area contributed by atoms with Crippen LogP contribution in [0, 0.1) is 17.8 Å². The molecular formula is C14H27NO. The summed E-state index contributed by atoms with van der Waals surface area (Å²) in [6.07, 6.45) is 4.94. The molecule has 2 N–H and O–H groups in total. The predicted molar refractivity (Wildman–Crippen MR) is 68.2 cm³/mol. The molecule has 0 aromatic carbocycles. The molecule has 2 unspecified atom stereocenters. The van der Waals surface area contributed by atoms with Crippen LogP contribution in [0.3, 0.4) is 0 Å². The molecule has 1 fully saturated rings. The third kappa shape index (κ3) is 4.65. The van der Waals surface area contributed by atoms with Crippen LogP contribution in [0.4, 0.5) is 0 Å². The van der Waals surface area contributed by atoms with E-state index in [1.807, 2.05) is 13.8 Å². The first-order valence-corrected chi connectivity index (χ1v) is 6.59. The van der Waals surface area contributed by atoms with Crippen molar-refractivity contribution in [1.82, 2.24) is 0 Å². The van der Waals surface area contributed by atoms with Gasteiger partial charge in [-0.2, -0.15) is 0 Å². The molecule has 1 rings (SSSR count). The number of nitrogens with two attached hydrogens (primary N) is 1. The highest BCUT2D eigenvalue weighted by molar-refractivity contribution is 5.81. The number of carbonyl (C=O) groups is 1. The summed E-state index contributed by atoms with van der Waals surface area (Å²) in [5.74, 6) is 2.17. The largest absolute Gasteiger partial charge is 0.326 e. The van der Waals surface area contributed by atoms with E-state index in [4.69, 9.17) is 5.73 Å². The quantitative estimate of drug-likeness (QED) is 0.798. The average Bonchev–Trinajstić information content (AvgIpc) is 2.11. The van der Waals surface area contributed by atoms with Gasteiger partial charge in [0.1, 0.15) is 5.78 Å². The molecule has 0 bridgehead atoms. The van der Waals surface area contributed by atoms with Crippen LogP contribution in [0.15, 0.2) is 0 Å². The Morgan fingerprint density at radius 3 is 2.12 bits per heavy atom. The number of ketones is 1. The van der Waals surface area contributed by atoms with Crippen molar-refractivity contribution >= 4 is 5.78 Å². The molecule has 0 radical (unpaired) electrons. The minimum atomic E-state index is -0.207. The zero-order valence-electron chi connectivity index (χ0n) is 11.3. The Morgan fingerprint density at radius 2 is 1.69 bits per heavy atom. The van der Waals surface area contributed by atoms with E-state index in [1.165, 1.54) is 6.42 Å². The Hall–Kier alpha value is -0.370. The lowest BCUT2D eigenvalue weighted by Gasteiger charge is -2.31. The Morgan fingerprint density at radius 1 is 1.19 bits per heavy atom. The first-order valence-electron chi connectivity index (χ1n) is 6.59. The van der Waals surface area contributed by atoms with Crippen LogP contribution in [-0.4, -0.2) is 11.3 Å². The van der Waals surface area contributed by atoms with Crippen molar-refractivity contribution in [2.75, 3.05) is 0 Å². The summed E-state index contributed by atoms with van der Waals surface area (Å²) in [6, 6.07) is 0. The Labute approximate surface area is 100.0 Å². The molecule has 0 spiro atoms. The van der Waals surface area contributed by atoms with Gasteiger partial charge in [0.25, 0.3) is 0 Å². The van der Waals surface area contributed by atoms with Crippen molar-refractivity contribution in [3.05, 3.63) is 0 Å². The van der Waals surface area contributed by atoms with Crippen molar-refractivity contribution < 1.29 is 4.79 Å². The molecular weight excluding hydrogens is 198 g/mol. The maximum atomic E-state index is 12.1. The van der Waals surface area contributed by atoms with Gasteiger partial charge in [0.15, 0.2) is 0 Å². The predicted octanol–water partition coefficient (Wildman–Crippen LogP) is 3.15. The van der Waals surface area contributed by atoms with E-state index < -0.39 is 0 Å². The molecule has 2 atom stereocenters. The molecule has 0 saturated heterocycles. The first kappa shape index (κ1) is 13.7. The smallest absolute Gasteiger partial charge is 0.136 e. The van der Waals surface area contributed by atoms with E-state index >= 15 is 0 Å². The van der Waals surface area contributed by atoms with E-state index in [-0.39, 0.29) is 5.54 Å². The molecule has 2 heteroatoms. The van der Waals surface area contributed by atoms with Gasteiger partial charge in [-0.15, -0.1) is 0 Å². The van der Waals surface area contributed by atoms with Crippen LogP contribution in [-0.2, 0) is 4.79 Å². The molecule has 0 aliphatic heterocycles. The van der Waals surface area contributed by atoms with Crippen LogP contribution >= 0.6 is 0 Å². The monoisotopic (exact) mass is 225 g/mol. The second-order valence-corrected chi connectivity index (χ2v) is 6.57. The summed E-state index contributed by atoms with van der Waals surface area (Å²) in [4.78, 5) is 12.1. The van der Waals surface area contributed by atoms with E-state index in [9.17, 15) is 4.79 Å². The van der Waals surface area contributed by atoms with Gasteiger partial charge in [0.05, 0.1) is 0 Å². The topological polar surface area (TPSA) is 43.1 Å². The number of rotatable bonds is 4. The minimum Gasteiger partial charge on any atom is -0.326 e. The van der Waals surface area contributed by atoms with Gasteiger partial charge >= 0.3 is 0 Å². The van der Waals surface area contributed by atoms with Gasteiger partial charge in [-0.05, 0) is 51.4 Å². The number of hydrogen-bond donors (Lipinski definition) is 1. The van der Waals surface area contributed by atoms with Gasteiger partial charge in [-0.3, -0.25) is 4.79 Å². The van der Waals surface area contributed by atoms with E-state index in [0.717, 1.165) is 19.3 Å². The maximum absolute atomic E-state index is 12.1. The fourth-order valence-corrected chi connectivity index (χ4v) is 2.86. The van der Waals surface area contributed by atoms with Crippen molar-refractivity contribution in [2.45, 2.75) is 65.3 Å². The summed E-state index contributed by atoms with van der Waals surface area (Å²) in [6.45, 7) is 8.52. The Kier molecular flexibility index (Phi) is 4.54. The zero-order chi connectivity index (χ0) is 12.3. The van der Waals surface area contributed by atoms with Crippen LogP contribution in [0.5, 0.6) is 0 Å². The van der Waals surface area contributed by atoms with Gasteiger partial charge in [-0.1, -0.05) is 13.8 Å². The molecule has 0 amide bonds. The Balaban J connectivity index is 2.41. The van der Waals surface area contributed by atoms with Crippen molar-refractivity contribution in [3.63, 3.8) is 0 Å². The molecule has 16 heavy (non-hydrogen) atoms. The number of carbonyl (C=O) groups excluding carboxylic acids is 1. The highest BCUT2D eigenvalue weighted by Crippen LogP contribution is 2.34. The van der Waals surface area contributed by atoms with Gasteiger partial charge in [-0.25, -0.2) is 0 Å². The minimum absolute atomic E-state index is 0.207. The normalized spacial score (nSPS) is 31.4. The first-order chi connectivity index (χ1) is 7.28. The van der Waals surface area contributed by atoms with Gasteiger partial charge in [0.2, 0.25) is 0 Å². The lowest BCUT2D eigenvalue weighted by atomic mass is 9.74. The average molecular weight is 225 g/mol. The number of Topliss-reactive ketones (excluding diaryl/α,β-unsaturated/α-hetero) is 1. The van der Waals surface area contributed by atoms with Crippen LogP contribution in [0.1, 0.15) is 59.8 Å². The van der Waals surface area contributed by atoms with Crippen molar-refractivity contribution in [1.29, 1.82) is 0 Å². The van der Waals surface area contributed by atoms with E-state index in [0.29, 0.717) is 30.0 Å². The SMILES string of the molecule is CC1CC(C)CC(C(=O)CCC(C)(C)N)C1. The summed E-state index contributed by atoms with van der Waals surface area (Å²) >= 11 is 0. The van der Waals surface area contributed by atoms with Crippen molar-refractivity contribution in [3.8, 4) is 0 Å². The van der Waals surface area contributed by atoms with Crippen LogP contribution in [0.2, 0.25) is 0 Å². The molecule has 0 aromatic heterocycles. The van der Waals surface area contributed by atoms with Crippen LogP contribution in [0.25, 0.3) is 0 Å². The zero-order valence-corrected chi connectivity index (χ0v) is 11.3.